The van der Waals surface area contributed by atoms with E-state index in [2.05, 4.69) is 4.99 Å². The molecule has 3 heterocycles. The molecule has 0 bridgehead atoms. The lowest BCUT2D eigenvalue weighted by Gasteiger charge is -2.27. The van der Waals surface area contributed by atoms with Gasteiger partial charge in [-0.05, 0) is 36.0 Å². The number of amides is 1. The molecule has 0 saturated carbocycles. The van der Waals surface area contributed by atoms with Gasteiger partial charge < -0.3 is 14.1 Å². The van der Waals surface area contributed by atoms with Crippen molar-refractivity contribution in [1.82, 2.24) is 4.90 Å². The Bertz CT molecular complexity index is 837. The molecule has 0 atom stereocenters. The molecule has 7 heteroatoms. The predicted molar refractivity (Wildman–Crippen MR) is 86.6 cm³/mol. The van der Waals surface area contributed by atoms with E-state index in [9.17, 15) is 9.18 Å². The van der Waals surface area contributed by atoms with Crippen LogP contribution < -0.4 is 0 Å². The molecule has 0 aliphatic carbocycles. The van der Waals surface area contributed by atoms with Gasteiger partial charge in [0.2, 0.25) is 0 Å². The van der Waals surface area contributed by atoms with E-state index in [1.165, 1.54) is 23.9 Å². The number of carbonyl (C=O) groups is 1. The van der Waals surface area contributed by atoms with Crippen molar-refractivity contribution in [2.45, 2.75) is 0 Å². The normalized spacial score (nSPS) is 20.6. The number of morpholine rings is 1. The zero-order valence-corrected chi connectivity index (χ0v) is 12.9. The average Bonchev–Trinajstić information content (AvgIpc) is 3.11. The predicted octanol–water partition coefficient (Wildman–Crippen LogP) is 2.87. The summed E-state index contributed by atoms with van der Waals surface area (Å²) in [4.78, 5) is 18.7. The third-order valence-electron chi connectivity index (χ3n) is 3.66. The number of fused-ring (bicyclic) bond motifs is 1. The van der Waals surface area contributed by atoms with Crippen molar-refractivity contribution in [2.24, 2.45) is 4.99 Å². The van der Waals surface area contributed by atoms with Gasteiger partial charge >= 0.3 is 0 Å². The van der Waals surface area contributed by atoms with Crippen molar-refractivity contribution in [1.29, 1.82) is 0 Å². The highest BCUT2D eigenvalue weighted by atomic mass is 32.2. The molecule has 0 unspecified atom stereocenters. The minimum Gasteiger partial charge on any atom is -0.457 e. The maximum Gasteiger partial charge on any atom is 0.286 e. The number of halogens is 1. The lowest BCUT2D eigenvalue weighted by atomic mass is 10.2. The smallest absolute Gasteiger partial charge is 0.286 e. The number of carbonyl (C=O) groups excluding carboxylic acids is 1. The van der Waals surface area contributed by atoms with Crippen LogP contribution in [0.15, 0.2) is 38.6 Å². The van der Waals surface area contributed by atoms with Crippen molar-refractivity contribution >= 4 is 39.9 Å². The molecule has 2 aromatic rings. The summed E-state index contributed by atoms with van der Waals surface area (Å²) in [5.41, 5.74) is 0.586. The Morgan fingerprint density at radius 1 is 1.26 bits per heavy atom. The maximum atomic E-state index is 13.2. The zero-order chi connectivity index (χ0) is 15.8. The van der Waals surface area contributed by atoms with Crippen molar-refractivity contribution in [3.8, 4) is 0 Å². The minimum absolute atomic E-state index is 0.275. The summed E-state index contributed by atoms with van der Waals surface area (Å²) in [5, 5.41) is 1.37. The van der Waals surface area contributed by atoms with Crippen LogP contribution >= 0.6 is 11.8 Å². The summed E-state index contributed by atoms with van der Waals surface area (Å²) in [5.74, 6) is -0.0789. The molecule has 0 radical (unpaired) electrons. The number of nitrogens with zero attached hydrogens (tertiary/aromatic N) is 2. The lowest BCUT2D eigenvalue weighted by Crippen LogP contribution is -2.38. The molecule has 1 saturated heterocycles. The Morgan fingerprint density at radius 3 is 2.91 bits per heavy atom. The van der Waals surface area contributed by atoms with E-state index in [1.54, 1.807) is 18.2 Å². The fraction of sp³-hybridized carbons (Fsp3) is 0.250. The number of aliphatic imine (C=N–C) groups is 1. The fourth-order valence-electron chi connectivity index (χ4n) is 2.52. The number of ether oxygens (including phenoxy) is 1. The number of rotatable bonds is 1. The van der Waals surface area contributed by atoms with Crippen molar-refractivity contribution in [3.63, 3.8) is 0 Å². The molecule has 0 N–H and O–H groups in total. The topological polar surface area (TPSA) is 55.0 Å². The van der Waals surface area contributed by atoms with E-state index >= 15 is 0 Å². The number of benzene rings is 1. The molecule has 1 aromatic carbocycles. The van der Waals surface area contributed by atoms with Gasteiger partial charge in [0.25, 0.3) is 5.91 Å². The number of amidine groups is 1. The molecule has 4 rings (SSSR count). The van der Waals surface area contributed by atoms with E-state index in [4.69, 9.17) is 9.15 Å². The van der Waals surface area contributed by atoms with Crippen LogP contribution in [0.1, 0.15) is 5.76 Å². The quantitative estimate of drug-likeness (QED) is 0.752. The molecule has 5 nitrogen and oxygen atoms in total. The third kappa shape index (κ3) is 2.89. The summed E-state index contributed by atoms with van der Waals surface area (Å²) < 4.78 is 24.1. The van der Waals surface area contributed by atoms with E-state index in [0.717, 1.165) is 13.1 Å². The molecule has 118 valence electrons. The first-order valence-electron chi connectivity index (χ1n) is 7.23. The molecule has 1 aromatic heterocycles. The standard InChI is InChI=1S/C16H13FN2O3S/c17-11-1-2-13-10(7-11)8-12(22-13)9-14-15(20)18-16(23-14)19-3-5-21-6-4-19/h1-2,7-9H,3-6H2. The van der Waals surface area contributed by atoms with Gasteiger partial charge in [-0.15, -0.1) is 0 Å². The van der Waals surface area contributed by atoms with Crippen molar-refractivity contribution in [2.75, 3.05) is 26.3 Å². The fourth-order valence-corrected chi connectivity index (χ4v) is 3.47. The Kier molecular flexibility index (Phi) is 3.66. The van der Waals surface area contributed by atoms with Crippen LogP contribution in [0.5, 0.6) is 0 Å². The Hall–Kier alpha value is -2.12. The van der Waals surface area contributed by atoms with Gasteiger partial charge in [-0.2, -0.15) is 4.99 Å². The molecule has 0 spiro atoms. The average molecular weight is 332 g/mol. The number of hydrogen-bond donors (Lipinski definition) is 0. The molecule has 1 amide bonds. The number of furan rings is 1. The lowest BCUT2D eigenvalue weighted by molar-refractivity contribution is -0.113. The van der Waals surface area contributed by atoms with Crippen LogP contribution in [0.2, 0.25) is 0 Å². The second kappa shape index (κ2) is 5.82. The molecular weight excluding hydrogens is 319 g/mol. The largest absolute Gasteiger partial charge is 0.457 e. The molecule has 1 fully saturated rings. The van der Waals surface area contributed by atoms with Gasteiger partial charge in [0, 0.05) is 24.6 Å². The van der Waals surface area contributed by atoms with Crippen molar-refractivity contribution < 1.29 is 18.3 Å². The van der Waals surface area contributed by atoms with Crippen molar-refractivity contribution in [3.05, 3.63) is 40.7 Å². The van der Waals surface area contributed by atoms with Crippen LogP contribution in [-0.4, -0.2) is 42.3 Å². The monoisotopic (exact) mass is 332 g/mol. The second-order valence-electron chi connectivity index (χ2n) is 5.24. The highest BCUT2D eigenvalue weighted by Crippen LogP contribution is 2.32. The first-order chi connectivity index (χ1) is 11.2. The van der Waals surface area contributed by atoms with Gasteiger partial charge in [-0.1, -0.05) is 0 Å². The Balaban J connectivity index is 1.57. The second-order valence-corrected chi connectivity index (χ2v) is 6.25. The minimum atomic E-state index is -0.318. The van der Waals surface area contributed by atoms with Crippen LogP contribution in [0, 0.1) is 5.82 Å². The summed E-state index contributed by atoms with van der Waals surface area (Å²) >= 11 is 1.33. The molecule has 23 heavy (non-hydrogen) atoms. The zero-order valence-electron chi connectivity index (χ0n) is 12.1. The van der Waals surface area contributed by atoms with Gasteiger partial charge in [0.15, 0.2) is 5.17 Å². The molecular formula is C16H13FN2O3S. The highest BCUT2D eigenvalue weighted by molar-refractivity contribution is 8.18. The van der Waals surface area contributed by atoms with Crippen LogP contribution in [0.25, 0.3) is 17.0 Å². The SMILES string of the molecule is O=C1N=C(N2CCOCC2)SC1=Cc1cc2cc(F)ccc2o1. The van der Waals surface area contributed by atoms with Gasteiger partial charge in [0.1, 0.15) is 17.2 Å². The summed E-state index contributed by atoms with van der Waals surface area (Å²) in [7, 11) is 0. The van der Waals surface area contributed by atoms with Crippen LogP contribution in [0.3, 0.4) is 0 Å². The Labute approximate surface area is 135 Å². The van der Waals surface area contributed by atoms with Gasteiger partial charge in [-0.25, -0.2) is 4.39 Å². The maximum absolute atomic E-state index is 13.2. The van der Waals surface area contributed by atoms with Crippen LogP contribution in [-0.2, 0) is 9.53 Å². The van der Waals surface area contributed by atoms with E-state index in [-0.39, 0.29) is 11.7 Å². The summed E-state index contributed by atoms with van der Waals surface area (Å²) in [6, 6.07) is 6.04. The first kappa shape index (κ1) is 14.5. The third-order valence-corrected chi connectivity index (χ3v) is 4.71. The molecule has 2 aliphatic rings. The van der Waals surface area contributed by atoms with Gasteiger partial charge in [-0.3, -0.25) is 4.79 Å². The number of hydrogen-bond acceptors (Lipinski definition) is 5. The van der Waals surface area contributed by atoms with E-state index < -0.39 is 0 Å². The highest BCUT2D eigenvalue weighted by Gasteiger charge is 2.27. The van der Waals surface area contributed by atoms with E-state index in [1.807, 2.05) is 4.90 Å². The van der Waals surface area contributed by atoms with Gasteiger partial charge in [0.05, 0.1) is 18.1 Å². The number of thioether (sulfide) groups is 1. The first-order valence-corrected chi connectivity index (χ1v) is 8.05. The summed E-state index contributed by atoms with van der Waals surface area (Å²) in [6.07, 6.45) is 1.65. The summed E-state index contributed by atoms with van der Waals surface area (Å²) in [6.45, 7) is 2.75. The molecule has 2 aliphatic heterocycles. The van der Waals surface area contributed by atoms with Crippen LogP contribution in [0.4, 0.5) is 4.39 Å². The Morgan fingerprint density at radius 2 is 2.09 bits per heavy atom. The van der Waals surface area contributed by atoms with E-state index in [0.29, 0.717) is 40.0 Å².